The van der Waals surface area contributed by atoms with Crippen molar-refractivity contribution < 1.29 is 23.8 Å². The van der Waals surface area contributed by atoms with E-state index in [-0.39, 0.29) is 17.7 Å². The quantitative estimate of drug-likeness (QED) is 0.344. The highest BCUT2D eigenvalue weighted by molar-refractivity contribution is 7.07. The number of esters is 1. The fraction of sp³-hybridized carbons (Fsp3) is 0.200. The molecule has 0 saturated heterocycles. The Labute approximate surface area is 233 Å². The Morgan fingerprint density at radius 2 is 1.85 bits per heavy atom. The lowest BCUT2D eigenvalue weighted by Gasteiger charge is -2.25. The van der Waals surface area contributed by atoms with Crippen LogP contribution >= 0.6 is 11.3 Å². The number of rotatable bonds is 7. The average molecular weight is 558 g/mol. The lowest BCUT2D eigenvalue weighted by atomic mass is 9.95. The fourth-order valence-corrected chi connectivity index (χ4v) is 5.68. The Morgan fingerprint density at radius 1 is 1.12 bits per heavy atom. The van der Waals surface area contributed by atoms with Gasteiger partial charge in [-0.25, -0.2) is 14.6 Å². The van der Waals surface area contributed by atoms with Crippen LogP contribution in [0.3, 0.4) is 0 Å². The summed E-state index contributed by atoms with van der Waals surface area (Å²) in [5.74, 6) is -0.828. The van der Waals surface area contributed by atoms with Gasteiger partial charge in [0.2, 0.25) is 0 Å². The van der Waals surface area contributed by atoms with E-state index in [2.05, 4.69) is 4.99 Å². The summed E-state index contributed by atoms with van der Waals surface area (Å²) < 4.78 is 13.2. The molecule has 0 spiro atoms. The van der Waals surface area contributed by atoms with E-state index in [0.29, 0.717) is 37.7 Å². The SMILES string of the molecule is CCOC(=O)C1=C(C)N=c2s/c(=C\c3ccc(-c4ccccc4C(=O)O)o3)c(=O)n2[C@@H]1c1ccc(N(C)C)cc1. The molecule has 4 aromatic rings. The van der Waals surface area contributed by atoms with E-state index in [4.69, 9.17) is 9.15 Å². The van der Waals surface area contributed by atoms with Crippen molar-refractivity contribution in [2.45, 2.75) is 19.9 Å². The number of furan rings is 1. The standard InChI is InChI=1S/C30H27N3O6S/c1-5-38-29(37)25-17(2)31-30-33(26(25)18-10-12-19(13-11-18)32(3)4)27(34)24(40-30)16-20-14-15-23(39-20)21-8-6-7-9-22(21)28(35)36/h6-16,26H,5H2,1-4H3,(H,35,36)/b24-16-/t26-/m1/s1. The predicted octanol–water partition coefficient (Wildman–Crippen LogP) is 3.82. The molecule has 10 heteroatoms. The number of nitrogens with zero attached hydrogens (tertiary/aromatic N) is 3. The van der Waals surface area contributed by atoms with Gasteiger partial charge in [-0.2, -0.15) is 0 Å². The number of anilines is 1. The van der Waals surface area contributed by atoms with Gasteiger partial charge in [0.05, 0.1) is 34.0 Å². The molecule has 0 unspecified atom stereocenters. The summed E-state index contributed by atoms with van der Waals surface area (Å²) in [6.07, 6.45) is 1.60. The number of carboxylic acids is 1. The summed E-state index contributed by atoms with van der Waals surface area (Å²) in [4.78, 5) is 45.5. The molecule has 9 nitrogen and oxygen atoms in total. The zero-order chi connectivity index (χ0) is 28.6. The van der Waals surface area contributed by atoms with Gasteiger partial charge in [0.15, 0.2) is 4.80 Å². The summed E-state index contributed by atoms with van der Waals surface area (Å²) in [6.45, 7) is 3.66. The maximum atomic E-state index is 13.8. The van der Waals surface area contributed by atoms with Crippen LogP contribution in [0, 0.1) is 0 Å². The molecular weight excluding hydrogens is 530 g/mol. The lowest BCUT2D eigenvalue weighted by Crippen LogP contribution is -2.39. The van der Waals surface area contributed by atoms with Crippen LogP contribution in [0.1, 0.15) is 41.6 Å². The van der Waals surface area contributed by atoms with E-state index in [1.165, 1.54) is 22.0 Å². The predicted molar refractivity (Wildman–Crippen MR) is 152 cm³/mol. The molecular formula is C30H27N3O6S. The second-order valence-electron chi connectivity index (χ2n) is 9.34. The average Bonchev–Trinajstić information content (AvgIpc) is 3.52. The zero-order valence-corrected chi connectivity index (χ0v) is 23.2. The summed E-state index contributed by atoms with van der Waals surface area (Å²) in [6, 6.07) is 16.8. The number of benzene rings is 2. The van der Waals surface area contributed by atoms with Crippen LogP contribution in [-0.4, -0.2) is 42.3 Å². The molecule has 0 amide bonds. The van der Waals surface area contributed by atoms with Crippen LogP contribution in [0.25, 0.3) is 17.4 Å². The number of hydrogen-bond donors (Lipinski definition) is 1. The number of ether oxygens (including phenoxy) is 1. The van der Waals surface area contributed by atoms with Crippen molar-refractivity contribution in [3.63, 3.8) is 0 Å². The number of carbonyl (C=O) groups is 2. The molecule has 1 aliphatic heterocycles. The van der Waals surface area contributed by atoms with E-state index >= 15 is 0 Å². The third-order valence-corrected chi connectivity index (χ3v) is 7.55. The molecule has 0 fully saturated rings. The van der Waals surface area contributed by atoms with Crippen molar-refractivity contribution in [1.82, 2.24) is 4.57 Å². The van der Waals surface area contributed by atoms with Crippen molar-refractivity contribution in [1.29, 1.82) is 0 Å². The maximum Gasteiger partial charge on any atom is 0.338 e. The van der Waals surface area contributed by atoms with Gasteiger partial charge in [-0.1, -0.05) is 41.7 Å². The Bertz CT molecular complexity index is 1830. The minimum absolute atomic E-state index is 0.116. The molecule has 2 aromatic heterocycles. The number of carboxylic acid groups (broad SMARTS) is 1. The maximum absolute atomic E-state index is 13.8. The second-order valence-corrected chi connectivity index (χ2v) is 10.4. The van der Waals surface area contributed by atoms with Gasteiger partial charge in [0.25, 0.3) is 5.56 Å². The highest BCUT2D eigenvalue weighted by Crippen LogP contribution is 2.32. The Morgan fingerprint density at radius 3 is 2.52 bits per heavy atom. The first-order valence-corrected chi connectivity index (χ1v) is 13.4. The summed E-state index contributed by atoms with van der Waals surface area (Å²) in [5, 5.41) is 9.53. The Balaban J connectivity index is 1.63. The molecule has 1 atom stereocenters. The molecule has 2 aromatic carbocycles. The van der Waals surface area contributed by atoms with Crippen molar-refractivity contribution in [2.75, 3.05) is 25.6 Å². The van der Waals surface area contributed by atoms with Crippen molar-refractivity contribution in [3.05, 3.63) is 109 Å². The second kappa shape index (κ2) is 10.8. The van der Waals surface area contributed by atoms with Gasteiger partial charge >= 0.3 is 11.9 Å². The van der Waals surface area contributed by atoms with Crippen molar-refractivity contribution in [2.24, 2.45) is 4.99 Å². The van der Waals surface area contributed by atoms with Crippen molar-refractivity contribution >= 4 is 35.0 Å². The number of allylic oxidation sites excluding steroid dienone is 1. The number of thiazole rings is 1. The molecule has 204 valence electrons. The number of hydrogen-bond acceptors (Lipinski definition) is 8. The molecule has 5 rings (SSSR count). The smallest absolute Gasteiger partial charge is 0.338 e. The van der Waals surface area contributed by atoms with Crippen LogP contribution in [-0.2, 0) is 9.53 Å². The fourth-order valence-electron chi connectivity index (χ4n) is 4.65. The van der Waals surface area contributed by atoms with E-state index in [1.54, 1.807) is 50.3 Å². The van der Waals surface area contributed by atoms with Crippen LogP contribution in [0.4, 0.5) is 5.69 Å². The van der Waals surface area contributed by atoms with E-state index in [9.17, 15) is 19.5 Å². The van der Waals surface area contributed by atoms with E-state index < -0.39 is 18.0 Å². The molecule has 1 aliphatic rings. The third-order valence-electron chi connectivity index (χ3n) is 6.57. The summed E-state index contributed by atoms with van der Waals surface area (Å²) in [7, 11) is 3.87. The number of aromatic nitrogens is 1. The van der Waals surface area contributed by atoms with Crippen molar-refractivity contribution in [3.8, 4) is 11.3 Å². The summed E-state index contributed by atoms with van der Waals surface area (Å²) >= 11 is 1.19. The Kier molecular flexibility index (Phi) is 7.27. The minimum Gasteiger partial charge on any atom is -0.478 e. The zero-order valence-electron chi connectivity index (χ0n) is 22.4. The molecule has 0 aliphatic carbocycles. The van der Waals surface area contributed by atoms with Gasteiger partial charge in [0.1, 0.15) is 11.5 Å². The molecule has 1 N–H and O–H groups in total. The largest absolute Gasteiger partial charge is 0.478 e. The highest BCUT2D eigenvalue weighted by Gasteiger charge is 2.33. The lowest BCUT2D eigenvalue weighted by molar-refractivity contribution is -0.139. The molecule has 40 heavy (non-hydrogen) atoms. The van der Waals surface area contributed by atoms with Gasteiger partial charge in [-0.15, -0.1) is 0 Å². The van der Waals surface area contributed by atoms with Crippen LogP contribution in [0.2, 0.25) is 0 Å². The normalized spacial score (nSPS) is 15.0. The van der Waals surface area contributed by atoms with Crippen LogP contribution in [0.15, 0.2) is 86.1 Å². The van der Waals surface area contributed by atoms with Gasteiger partial charge < -0.3 is 19.2 Å². The monoisotopic (exact) mass is 557 g/mol. The van der Waals surface area contributed by atoms with Crippen LogP contribution < -0.4 is 19.8 Å². The van der Waals surface area contributed by atoms with Crippen LogP contribution in [0.5, 0.6) is 0 Å². The van der Waals surface area contributed by atoms with Gasteiger partial charge in [0, 0.05) is 31.4 Å². The first kappa shape index (κ1) is 26.9. The third kappa shape index (κ3) is 4.89. The number of fused-ring (bicyclic) bond motifs is 1. The van der Waals surface area contributed by atoms with E-state index in [0.717, 1.165) is 11.3 Å². The van der Waals surface area contributed by atoms with E-state index in [1.807, 2.05) is 43.3 Å². The number of carbonyl (C=O) groups excluding carboxylic acids is 1. The summed E-state index contributed by atoms with van der Waals surface area (Å²) in [5.41, 5.74) is 2.75. The van der Waals surface area contributed by atoms with Gasteiger partial charge in [-0.05, 0) is 49.7 Å². The molecule has 0 bridgehead atoms. The molecule has 0 radical (unpaired) electrons. The van der Waals surface area contributed by atoms with Gasteiger partial charge in [-0.3, -0.25) is 9.36 Å². The minimum atomic E-state index is -1.06. The number of aromatic carboxylic acids is 1. The molecule has 3 heterocycles. The first-order chi connectivity index (χ1) is 19.2. The topological polar surface area (TPSA) is 114 Å². The highest BCUT2D eigenvalue weighted by atomic mass is 32.1. The Hall–Kier alpha value is -4.70. The first-order valence-electron chi connectivity index (χ1n) is 12.6. The molecule has 0 saturated carbocycles.